The Kier molecular flexibility index (Phi) is 7.20. The minimum absolute atomic E-state index is 0.141. The van der Waals surface area contributed by atoms with Gasteiger partial charge < -0.3 is 4.57 Å². The molecule has 0 unspecified atom stereocenters. The van der Waals surface area contributed by atoms with Crippen molar-refractivity contribution >= 4 is 40.4 Å². The van der Waals surface area contributed by atoms with Gasteiger partial charge in [0, 0.05) is 37.8 Å². The van der Waals surface area contributed by atoms with Gasteiger partial charge in [-0.15, -0.1) is 0 Å². The first-order chi connectivity index (χ1) is 15.5. The van der Waals surface area contributed by atoms with Crippen molar-refractivity contribution in [2.75, 3.05) is 0 Å². The fourth-order valence-corrected chi connectivity index (χ4v) is 3.71. The lowest BCUT2D eigenvalue weighted by atomic mass is 10.1. The van der Waals surface area contributed by atoms with E-state index in [9.17, 15) is 28.1 Å². The Balaban J connectivity index is 1.73. The number of benzene rings is 2. The first-order valence-electron chi connectivity index (χ1n) is 9.58. The fraction of sp³-hybridized carbons (Fsp3) is 0.182. The number of carbonyl (C=O) groups excluding carboxylic acids is 1. The standard InChI is InChI=1S/C22H18F3IN4O3/c1-13-9-16(14(2)29(13)19-7-5-18(26)6-8-19)12-27-28-21(31)10-15-3-4-17(22(23,24)25)11-20(15)30(32)33/h3-9,11-12H,10H2,1-2H3,(H,28,31)/b27-12+. The molecule has 1 aromatic heterocycles. The van der Waals surface area contributed by atoms with Gasteiger partial charge in [0.05, 0.1) is 23.1 Å². The van der Waals surface area contributed by atoms with Crippen LogP contribution in [0.4, 0.5) is 18.9 Å². The summed E-state index contributed by atoms with van der Waals surface area (Å²) >= 11 is 2.22. The minimum atomic E-state index is -4.72. The third-order valence-electron chi connectivity index (χ3n) is 4.91. The first kappa shape index (κ1) is 24.4. The summed E-state index contributed by atoms with van der Waals surface area (Å²) in [5.41, 5.74) is 3.79. The summed E-state index contributed by atoms with van der Waals surface area (Å²) in [6.45, 7) is 3.84. The van der Waals surface area contributed by atoms with Crippen LogP contribution in [-0.2, 0) is 17.4 Å². The molecule has 0 fully saturated rings. The lowest BCUT2D eigenvalue weighted by molar-refractivity contribution is -0.385. The highest BCUT2D eigenvalue weighted by Crippen LogP contribution is 2.33. The SMILES string of the molecule is Cc1cc(/C=N/NC(=O)Cc2ccc(C(F)(F)F)cc2[N+](=O)[O-])c(C)n1-c1ccc(I)cc1. The Labute approximate surface area is 200 Å². The molecule has 2 aromatic carbocycles. The van der Waals surface area contributed by atoms with Gasteiger partial charge in [-0.25, -0.2) is 5.43 Å². The van der Waals surface area contributed by atoms with Gasteiger partial charge in [0.25, 0.3) is 5.69 Å². The van der Waals surface area contributed by atoms with E-state index in [1.54, 1.807) is 0 Å². The van der Waals surface area contributed by atoms with Crippen LogP contribution in [0.25, 0.3) is 5.69 Å². The number of nitro groups is 1. The summed E-state index contributed by atoms with van der Waals surface area (Å²) in [6, 6.07) is 11.9. The summed E-state index contributed by atoms with van der Waals surface area (Å²) in [4.78, 5) is 22.4. The predicted molar refractivity (Wildman–Crippen MR) is 125 cm³/mol. The van der Waals surface area contributed by atoms with Crippen molar-refractivity contribution < 1.29 is 22.9 Å². The lowest BCUT2D eigenvalue weighted by Gasteiger charge is -2.09. The molecule has 0 saturated heterocycles. The maximum Gasteiger partial charge on any atom is 0.416 e. The maximum atomic E-state index is 12.8. The van der Waals surface area contributed by atoms with E-state index in [1.807, 2.05) is 48.7 Å². The van der Waals surface area contributed by atoms with Gasteiger partial charge in [0.1, 0.15) is 0 Å². The molecule has 172 valence electrons. The Bertz CT molecular complexity index is 1230. The van der Waals surface area contributed by atoms with Gasteiger partial charge in [-0.05, 0) is 72.8 Å². The van der Waals surface area contributed by atoms with Crippen LogP contribution in [0.15, 0.2) is 53.6 Å². The van der Waals surface area contributed by atoms with Crippen molar-refractivity contribution in [3.63, 3.8) is 0 Å². The van der Waals surface area contributed by atoms with Crippen LogP contribution >= 0.6 is 22.6 Å². The number of hydrogen-bond donors (Lipinski definition) is 1. The Hall–Kier alpha value is -3.22. The topological polar surface area (TPSA) is 89.5 Å². The van der Waals surface area contributed by atoms with E-state index in [1.165, 1.54) is 6.21 Å². The number of nitrogens with zero attached hydrogens (tertiary/aromatic N) is 3. The van der Waals surface area contributed by atoms with Crippen molar-refractivity contribution in [3.05, 3.63) is 90.3 Å². The van der Waals surface area contributed by atoms with Gasteiger partial charge in [-0.1, -0.05) is 6.07 Å². The van der Waals surface area contributed by atoms with Crippen molar-refractivity contribution in [3.8, 4) is 5.69 Å². The zero-order valence-electron chi connectivity index (χ0n) is 17.5. The summed E-state index contributed by atoms with van der Waals surface area (Å²) in [7, 11) is 0. The second kappa shape index (κ2) is 9.73. The number of rotatable bonds is 6. The Morgan fingerprint density at radius 3 is 2.45 bits per heavy atom. The number of aromatic nitrogens is 1. The number of nitro benzene ring substituents is 1. The van der Waals surface area contributed by atoms with E-state index in [0.717, 1.165) is 32.3 Å². The summed E-state index contributed by atoms with van der Waals surface area (Å²) in [6.07, 6.45) is -3.77. The highest BCUT2D eigenvalue weighted by molar-refractivity contribution is 14.1. The van der Waals surface area contributed by atoms with E-state index in [4.69, 9.17) is 0 Å². The number of halogens is 4. The molecule has 0 saturated carbocycles. The number of alkyl halides is 3. The fourth-order valence-electron chi connectivity index (χ4n) is 3.35. The van der Waals surface area contributed by atoms with Crippen LogP contribution in [0.3, 0.4) is 0 Å². The highest BCUT2D eigenvalue weighted by atomic mass is 127. The molecule has 11 heteroatoms. The molecule has 0 aliphatic rings. The second-order valence-corrected chi connectivity index (χ2v) is 8.45. The number of nitrogens with one attached hydrogen (secondary N) is 1. The monoisotopic (exact) mass is 570 g/mol. The number of carbonyl (C=O) groups is 1. The average molecular weight is 570 g/mol. The number of aryl methyl sites for hydroxylation is 1. The van der Waals surface area contributed by atoms with Crippen LogP contribution in [0.5, 0.6) is 0 Å². The molecule has 0 bridgehead atoms. The Morgan fingerprint density at radius 2 is 1.85 bits per heavy atom. The summed E-state index contributed by atoms with van der Waals surface area (Å²) in [5.74, 6) is -0.694. The summed E-state index contributed by atoms with van der Waals surface area (Å²) in [5, 5.41) is 15.1. The van der Waals surface area contributed by atoms with Gasteiger partial charge in [-0.3, -0.25) is 14.9 Å². The summed E-state index contributed by atoms with van der Waals surface area (Å²) < 4.78 is 41.6. The normalized spacial score (nSPS) is 11.7. The van der Waals surface area contributed by atoms with E-state index in [0.29, 0.717) is 12.1 Å². The van der Waals surface area contributed by atoms with Gasteiger partial charge in [0.15, 0.2) is 0 Å². The molecular weight excluding hydrogens is 552 g/mol. The van der Waals surface area contributed by atoms with Crippen molar-refractivity contribution in [2.24, 2.45) is 5.10 Å². The zero-order valence-corrected chi connectivity index (χ0v) is 19.6. The minimum Gasteiger partial charge on any atom is -0.318 e. The van der Waals surface area contributed by atoms with E-state index in [-0.39, 0.29) is 5.56 Å². The maximum absolute atomic E-state index is 12.8. The molecule has 33 heavy (non-hydrogen) atoms. The molecular formula is C22H18F3IN4O3. The largest absolute Gasteiger partial charge is 0.416 e. The van der Waals surface area contributed by atoms with Crippen LogP contribution in [0, 0.1) is 27.5 Å². The number of hydrogen-bond acceptors (Lipinski definition) is 4. The number of amides is 1. The van der Waals surface area contributed by atoms with Crippen LogP contribution < -0.4 is 5.43 Å². The average Bonchev–Trinajstić information content (AvgIpc) is 3.01. The molecule has 0 aliphatic carbocycles. The third-order valence-corrected chi connectivity index (χ3v) is 5.63. The molecule has 1 N–H and O–H groups in total. The second-order valence-electron chi connectivity index (χ2n) is 7.21. The van der Waals surface area contributed by atoms with Crippen LogP contribution in [-0.4, -0.2) is 21.6 Å². The smallest absolute Gasteiger partial charge is 0.318 e. The van der Waals surface area contributed by atoms with Crippen molar-refractivity contribution in [1.29, 1.82) is 0 Å². The van der Waals surface area contributed by atoms with Crippen LogP contribution in [0.1, 0.15) is 28.1 Å². The number of hydrazone groups is 1. The molecule has 1 heterocycles. The third kappa shape index (κ3) is 5.78. The zero-order chi connectivity index (χ0) is 24.3. The molecule has 0 spiro atoms. The quantitative estimate of drug-likeness (QED) is 0.188. The molecule has 0 aliphatic heterocycles. The van der Waals surface area contributed by atoms with Crippen molar-refractivity contribution in [2.45, 2.75) is 26.4 Å². The molecule has 3 aromatic rings. The highest BCUT2D eigenvalue weighted by Gasteiger charge is 2.33. The van der Waals surface area contributed by atoms with E-state index in [2.05, 4.69) is 33.1 Å². The van der Waals surface area contributed by atoms with Crippen LogP contribution in [0.2, 0.25) is 0 Å². The Morgan fingerprint density at radius 1 is 1.18 bits per heavy atom. The van der Waals surface area contributed by atoms with E-state index < -0.39 is 34.7 Å². The molecule has 3 rings (SSSR count). The van der Waals surface area contributed by atoms with Crippen molar-refractivity contribution in [1.82, 2.24) is 9.99 Å². The first-order valence-corrected chi connectivity index (χ1v) is 10.7. The predicted octanol–water partition coefficient (Wildman–Crippen LogP) is 5.32. The van der Waals surface area contributed by atoms with E-state index >= 15 is 0 Å². The van der Waals surface area contributed by atoms with Gasteiger partial charge >= 0.3 is 6.18 Å². The molecule has 0 atom stereocenters. The van der Waals surface area contributed by atoms with Gasteiger partial charge in [0.2, 0.25) is 5.91 Å². The molecule has 7 nitrogen and oxygen atoms in total. The lowest BCUT2D eigenvalue weighted by Crippen LogP contribution is -2.20. The molecule has 0 radical (unpaired) electrons. The van der Waals surface area contributed by atoms with Gasteiger partial charge in [-0.2, -0.15) is 18.3 Å². The molecule has 1 amide bonds.